The minimum atomic E-state index is -0.407. The van der Waals surface area contributed by atoms with Crippen molar-refractivity contribution in [1.29, 1.82) is 0 Å². The van der Waals surface area contributed by atoms with E-state index in [4.69, 9.17) is 20.9 Å². The zero-order chi connectivity index (χ0) is 21.3. The van der Waals surface area contributed by atoms with E-state index in [-0.39, 0.29) is 18.0 Å². The zero-order valence-corrected chi connectivity index (χ0v) is 17.5. The van der Waals surface area contributed by atoms with Gasteiger partial charge in [0, 0.05) is 16.8 Å². The molecule has 1 aliphatic heterocycles. The van der Waals surface area contributed by atoms with Gasteiger partial charge in [0.25, 0.3) is 0 Å². The Hall–Kier alpha value is -3.20. The fourth-order valence-electron chi connectivity index (χ4n) is 3.13. The summed E-state index contributed by atoms with van der Waals surface area (Å²) in [7, 11) is 0. The van der Waals surface area contributed by atoms with E-state index in [0.29, 0.717) is 35.1 Å². The standard InChI is InChI=1S/C20H21ClN6O3/c1-11(2)15-10-29-20(28)27(15)16-8-9-22-19(24-16)23-12(3)18-25-17(26-30-18)13-4-6-14(21)7-5-13/h4-9,11-12,15H,10H2,1-3H3,(H,22,23,24)/t12-,15-/m1/s1. The lowest BCUT2D eigenvalue weighted by Crippen LogP contribution is -2.37. The third-order valence-electron chi connectivity index (χ3n) is 4.82. The summed E-state index contributed by atoms with van der Waals surface area (Å²) in [6, 6.07) is 8.44. The molecule has 9 nitrogen and oxygen atoms in total. The molecule has 3 heterocycles. The first kappa shape index (κ1) is 20.1. The van der Waals surface area contributed by atoms with Crippen LogP contribution in [0.1, 0.15) is 32.7 Å². The first-order chi connectivity index (χ1) is 14.4. The Bertz CT molecular complexity index is 1040. The summed E-state index contributed by atoms with van der Waals surface area (Å²) >= 11 is 5.92. The molecule has 0 spiro atoms. The van der Waals surface area contributed by atoms with E-state index in [1.807, 2.05) is 32.9 Å². The SMILES string of the molecule is CC(C)[C@H]1COC(=O)N1c1ccnc(N[C@H](C)c2nc(-c3ccc(Cl)cc3)no2)n1. The highest BCUT2D eigenvalue weighted by Crippen LogP contribution is 2.27. The number of carbonyl (C=O) groups excluding carboxylic acids is 1. The molecule has 1 fully saturated rings. The number of aromatic nitrogens is 4. The average Bonchev–Trinajstić information content (AvgIpc) is 3.36. The third-order valence-corrected chi connectivity index (χ3v) is 5.08. The molecule has 0 bridgehead atoms. The Morgan fingerprint density at radius 1 is 1.17 bits per heavy atom. The Morgan fingerprint density at radius 3 is 2.67 bits per heavy atom. The number of cyclic esters (lactones) is 1. The van der Waals surface area contributed by atoms with Crippen LogP contribution in [0.4, 0.5) is 16.6 Å². The van der Waals surface area contributed by atoms with Gasteiger partial charge in [0.1, 0.15) is 18.5 Å². The minimum Gasteiger partial charge on any atom is -0.447 e. The van der Waals surface area contributed by atoms with Crippen LogP contribution in [-0.2, 0) is 4.74 Å². The average molecular weight is 429 g/mol. The third kappa shape index (κ3) is 4.06. The Balaban J connectivity index is 1.50. The molecule has 3 aromatic rings. The van der Waals surface area contributed by atoms with Gasteiger partial charge in [-0.2, -0.15) is 9.97 Å². The van der Waals surface area contributed by atoms with Gasteiger partial charge in [0.2, 0.25) is 17.7 Å². The predicted octanol–water partition coefficient (Wildman–Crippen LogP) is 4.33. The van der Waals surface area contributed by atoms with Crippen molar-refractivity contribution >= 4 is 29.5 Å². The number of nitrogens with one attached hydrogen (secondary N) is 1. The van der Waals surface area contributed by atoms with Crippen molar-refractivity contribution < 1.29 is 14.1 Å². The molecule has 1 saturated heterocycles. The lowest BCUT2D eigenvalue weighted by Gasteiger charge is -2.23. The van der Waals surface area contributed by atoms with Gasteiger partial charge in [-0.1, -0.05) is 30.6 Å². The van der Waals surface area contributed by atoms with Crippen LogP contribution in [0.3, 0.4) is 0 Å². The number of nitrogens with zero attached hydrogens (tertiary/aromatic N) is 5. The van der Waals surface area contributed by atoms with Gasteiger partial charge in [-0.05, 0) is 43.2 Å². The summed E-state index contributed by atoms with van der Waals surface area (Å²) in [5, 5.41) is 7.79. The molecule has 1 aromatic carbocycles. The topological polar surface area (TPSA) is 106 Å². The first-order valence-corrected chi connectivity index (χ1v) is 9.95. The van der Waals surface area contributed by atoms with Crippen molar-refractivity contribution in [2.45, 2.75) is 32.9 Å². The van der Waals surface area contributed by atoms with E-state index in [9.17, 15) is 4.79 Å². The summed E-state index contributed by atoms with van der Waals surface area (Å²) in [6.45, 7) is 6.27. The molecule has 10 heteroatoms. The Labute approximate surface area is 178 Å². The normalized spacial score (nSPS) is 17.3. The lowest BCUT2D eigenvalue weighted by atomic mass is 10.0. The number of halogens is 1. The number of amides is 1. The van der Waals surface area contributed by atoms with E-state index >= 15 is 0 Å². The van der Waals surface area contributed by atoms with E-state index in [1.54, 1.807) is 29.3 Å². The highest BCUT2D eigenvalue weighted by atomic mass is 35.5. The van der Waals surface area contributed by atoms with Gasteiger partial charge in [0.15, 0.2) is 0 Å². The number of ether oxygens (including phenoxy) is 1. The quantitative estimate of drug-likeness (QED) is 0.618. The van der Waals surface area contributed by atoms with E-state index in [1.165, 1.54) is 0 Å². The maximum atomic E-state index is 12.2. The molecule has 2 atom stereocenters. The van der Waals surface area contributed by atoms with Gasteiger partial charge in [-0.15, -0.1) is 0 Å². The fraction of sp³-hybridized carbons (Fsp3) is 0.350. The van der Waals surface area contributed by atoms with Gasteiger partial charge >= 0.3 is 6.09 Å². The van der Waals surface area contributed by atoms with E-state index < -0.39 is 6.09 Å². The van der Waals surface area contributed by atoms with Crippen LogP contribution in [-0.4, -0.2) is 38.9 Å². The van der Waals surface area contributed by atoms with Crippen LogP contribution in [0.2, 0.25) is 5.02 Å². The number of anilines is 2. The van der Waals surface area contributed by atoms with Gasteiger partial charge in [-0.25, -0.2) is 9.78 Å². The van der Waals surface area contributed by atoms with Crippen molar-refractivity contribution in [3.05, 3.63) is 47.4 Å². The number of hydrogen-bond donors (Lipinski definition) is 1. The monoisotopic (exact) mass is 428 g/mol. The second-order valence-electron chi connectivity index (χ2n) is 7.33. The highest BCUT2D eigenvalue weighted by molar-refractivity contribution is 6.30. The number of benzene rings is 1. The molecule has 1 aliphatic rings. The van der Waals surface area contributed by atoms with Gasteiger partial charge < -0.3 is 14.6 Å². The maximum absolute atomic E-state index is 12.2. The van der Waals surface area contributed by atoms with E-state index in [2.05, 4.69) is 25.4 Å². The number of rotatable bonds is 6. The van der Waals surface area contributed by atoms with Crippen LogP contribution in [0.15, 0.2) is 41.1 Å². The van der Waals surface area contributed by atoms with Crippen molar-refractivity contribution in [3.8, 4) is 11.4 Å². The Morgan fingerprint density at radius 2 is 1.93 bits per heavy atom. The summed E-state index contributed by atoms with van der Waals surface area (Å²) in [5.74, 6) is 1.90. The predicted molar refractivity (Wildman–Crippen MR) is 111 cm³/mol. The molecule has 1 N–H and O–H groups in total. The van der Waals surface area contributed by atoms with Crippen molar-refractivity contribution in [2.75, 3.05) is 16.8 Å². The zero-order valence-electron chi connectivity index (χ0n) is 16.7. The molecular formula is C20H21ClN6O3. The molecule has 30 heavy (non-hydrogen) atoms. The smallest absolute Gasteiger partial charge is 0.415 e. The largest absolute Gasteiger partial charge is 0.447 e. The molecule has 2 aromatic heterocycles. The maximum Gasteiger partial charge on any atom is 0.415 e. The molecule has 156 valence electrons. The van der Waals surface area contributed by atoms with Crippen LogP contribution < -0.4 is 10.2 Å². The number of hydrogen-bond acceptors (Lipinski definition) is 8. The summed E-state index contributed by atoms with van der Waals surface area (Å²) < 4.78 is 10.6. The summed E-state index contributed by atoms with van der Waals surface area (Å²) in [5.41, 5.74) is 0.798. The van der Waals surface area contributed by atoms with Gasteiger partial charge in [0.05, 0.1) is 6.04 Å². The second-order valence-corrected chi connectivity index (χ2v) is 7.76. The van der Waals surface area contributed by atoms with Crippen LogP contribution in [0.5, 0.6) is 0 Å². The van der Waals surface area contributed by atoms with Crippen LogP contribution in [0.25, 0.3) is 11.4 Å². The molecule has 0 aliphatic carbocycles. The molecule has 0 saturated carbocycles. The van der Waals surface area contributed by atoms with Crippen molar-refractivity contribution in [1.82, 2.24) is 20.1 Å². The number of carbonyl (C=O) groups is 1. The molecular weight excluding hydrogens is 408 g/mol. The van der Waals surface area contributed by atoms with Crippen molar-refractivity contribution in [3.63, 3.8) is 0 Å². The van der Waals surface area contributed by atoms with Crippen molar-refractivity contribution in [2.24, 2.45) is 5.92 Å². The van der Waals surface area contributed by atoms with Crippen LogP contribution >= 0.6 is 11.6 Å². The van der Waals surface area contributed by atoms with Crippen LogP contribution in [0, 0.1) is 5.92 Å². The summed E-state index contributed by atoms with van der Waals surface area (Å²) in [4.78, 5) is 26.9. The molecule has 4 rings (SSSR count). The lowest BCUT2D eigenvalue weighted by molar-refractivity contribution is 0.177. The second kappa shape index (κ2) is 8.27. The van der Waals surface area contributed by atoms with Gasteiger partial charge in [-0.3, -0.25) is 4.90 Å². The Kier molecular flexibility index (Phi) is 5.54. The summed E-state index contributed by atoms with van der Waals surface area (Å²) in [6.07, 6.45) is 1.18. The molecule has 0 unspecified atom stereocenters. The highest BCUT2D eigenvalue weighted by Gasteiger charge is 2.37. The first-order valence-electron chi connectivity index (χ1n) is 9.57. The fourth-order valence-corrected chi connectivity index (χ4v) is 3.25. The molecule has 0 radical (unpaired) electrons. The minimum absolute atomic E-state index is 0.0736. The van der Waals surface area contributed by atoms with E-state index in [0.717, 1.165) is 5.56 Å². The molecule has 1 amide bonds.